The second-order valence-electron chi connectivity index (χ2n) is 9.10. The number of fused-ring (bicyclic) bond motifs is 3. The van der Waals surface area contributed by atoms with Crippen LogP contribution in [-0.4, -0.2) is 44.2 Å². The highest BCUT2D eigenvalue weighted by Crippen LogP contribution is 2.46. The summed E-state index contributed by atoms with van der Waals surface area (Å²) in [5.74, 6) is -1.13. The zero-order valence-electron chi connectivity index (χ0n) is 22.6. The maximum atomic E-state index is 12.9. The number of methoxy groups -OCH3 is 1. The van der Waals surface area contributed by atoms with E-state index in [1.807, 2.05) is 37.3 Å². The van der Waals surface area contributed by atoms with E-state index < -0.39 is 23.9 Å². The molecule has 0 N–H and O–H groups in total. The smallest absolute Gasteiger partial charge is 0.343 e. The molecule has 3 aromatic carbocycles. The lowest BCUT2D eigenvalue weighted by Gasteiger charge is -2.11. The maximum absolute atomic E-state index is 12.9. The van der Waals surface area contributed by atoms with Gasteiger partial charge in [-0.2, -0.15) is 0 Å². The van der Waals surface area contributed by atoms with Crippen LogP contribution >= 0.6 is 0 Å². The molecule has 0 spiro atoms. The molecule has 0 amide bonds. The van der Waals surface area contributed by atoms with Crippen LogP contribution < -0.4 is 14.2 Å². The first-order valence-corrected chi connectivity index (χ1v) is 12.7. The first-order valence-electron chi connectivity index (χ1n) is 12.7. The first kappa shape index (κ1) is 28.8. The average Bonchev–Trinajstić information content (AvgIpc) is 3.26. The van der Waals surface area contributed by atoms with Gasteiger partial charge < -0.3 is 23.7 Å². The molecule has 0 saturated carbocycles. The zero-order valence-corrected chi connectivity index (χ0v) is 22.6. The van der Waals surface area contributed by atoms with Gasteiger partial charge in [0.2, 0.25) is 0 Å². The van der Waals surface area contributed by atoms with Gasteiger partial charge in [-0.3, -0.25) is 4.79 Å². The standard InChI is InChI=1S/C32H28O9/c1-5-29(33)40-22-7-9-23(10-8-22)41-32(36)21-6-12-25-26-13-11-24(18-28(26)20(3)27(25)17-21)38-14-15-39-31(35)19(2)16-30(34)37-4/h5-13,17-18,20H,1-2,14-16H2,3-4H3. The third kappa shape index (κ3) is 6.88. The molecule has 0 fully saturated rings. The van der Waals surface area contributed by atoms with Crippen molar-refractivity contribution >= 4 is 23.9 Å². The maximum Gasteiger partial charge on any atom is 0.343 e. The van der Waals surface area contributed by atoms with E-state index in [1.54, 1.807) is 6.07 Å². The van der Waals surface area contributed by atoms with Crippen LogP contribution in [0.3, 0.4) is 0 Å². The van der Waals surface area contributed by atoms with Crippen LogP contribution in [0.2, 0.25) is 0 Å². The molecule has 1 aliphatic carbocycles. The Balaban J connectivity index is 1.35. The molecule has 1 aliphatic rings. The average molecular weight is 557 g/mol. The van der Waals surface area contributed by atoms with Crippen molar-refractivity contribution in [3.63, 3.8) is 0 Å². The Hall–Kier alpha value is -5.18. The van der Waals surface area contributed by atoms with Crippen LogP contribution in [0.5, 0.6) is 17.2 Å². The second kappa shape index (κ2) is 12.8. The van der Waals surface area contributed by atoms with E-state index in [2.05, 4.69) is 17.9 Å². The number of carbonyl (C=O) groups excluding carboxylic acids is 4. The van der Waals surface area contributed by atoms with Crippen molar-refractivity contribution in [3.05, 3.63) is 102 Å². The Bertz CT molecular complexity index is 1520. The highest BCUT2D eigenvalue weighted by atomic mass is 16.6. The molecular formula is C32H28O9. The minimum atomic E-state index is -0.683. The molecule has 1 unspecified atom stereocenters. The summed E-state index contributed by atoms with van der Waals surface area (Å²) in [7, 11) is 1.23. The van der Waals surface area contributed by atoms with Crippen LogP contribution in [-0.2, 0) is 23.9 Å². The first-order chi connectivity index (χ1) is 19.7. The van der Waals surface area contributed by atoms with E-state index in [0.29, 0.717) is 22.8 Å². The zero-order chi connectivity index (χ0) is 29.5. The summed E-state index contributed by atoms with van der Waals surface area (Å²) < 4.78 is 25.9. The predicted octanol–water partition coefficient (Wildman–Crippen LogP) is 5.17. The van der Waals surface area contributed by atoms with E-state index in [1.165, 1.54) is 31.4 Å². The summed E-state index contributed by atoms with van der Waals surface area (Å²) in [6.45, 7) is 9.03. The number of hydrogen-bond acceptors (Lipinski definition) is 9. The van der Waals surface area contributed by atoms with E-state index in [4.69, 9.17) is 18.9 Å². The molecule has 3 aromatic rings. The van der Waals surface area contributed by atoms with Gasteiger partial charge in [-0.15, -0.1) is 0 Å². The fourth-order valence-corrected chi connectivity index (χ4v) is 4.31. The molecular weight excluding hydrogens is 528 g/mol. The highest BCUT2D eigenvalue weighted by molar-refractivity contribution is 5.94. The Morgan fingerprint density at radius 3 is 2.10 bits per heavy atom. The SMILES string of the molecule is C=CC(=O)Oc1ccc(OC(=O)c2ccc3c(c2)C(C)c2cc(OCCOC(=O)C(=C)CC(=O)OC)ccc2-3)cc1. The third-order valence-corrected chi connectivity index (χ3v) is 6.41. The van der Waals surface area contributed by atoms with Crippen molar-refractivity contribution in [2.45, 2.75) is 19.3 Å². The number of hydrogen-bond donors (Lipinski definition) is 0. The summed E-state index contributed by atoms with van der Waals surface area (Å²) in [5.41, 5.74) is 4.48. The van der Waals surface area contributed by atoms with Crippen LogP contribution in [0.15, 0.2) is 85.5 Å². The molecule has 0 heterocycles. The molecule has 4 rings (SSSR count). The molecule has 9 nitrogen and oxygen atoms in total. The van der Waals surface area contributed by atoms with Crippen molar-refractivity contribution in [1.82, 2.24) is 0 Å². The van der Waals surface area contributed by atoms with Crippen molar-refractivity contribution in [3.8, 4) is 28.4 Å². The Kier molecular flexibility index (Phi) is 8.98. The monoisotopic (exact) mass is 556 g/mol. The Morgan fingerprint density at radius 2 is 1.44 bits per heavy atom. The molecule has 9 heteroatoms. The van der Waals surface area contributed by atoms with Gasteiger partial charge in [0, 0.05) is 17.6 Å². The van der Waals surface area contributed by atoms with Gasteiger partial charge in [-0.1, -0.05) is 32.2 Å². The van der Waals surface area contributed by atoms with E-state index in [0.717, 1.165) is 28.3 Å². The number of esters is 4. The van der Waals surface area contributed by atoms with Gasteiger partial charge in [0.15, 0.2) is 0 Å². The van der Waals surface area contributed by atoms with Crippen LogP contribution in [0.1, 0.15) is 40.7 Å². The van der Waals surface area contributed by atoms with Gasteiger partial charge in [0.1, 0.15) is 30.5 Å². The minimum absolute atomic E-state index is 0.00500. The van der Waals surface area contributed by atoms with Crippen molar-refractivity contribution < 1.29 is 42.9 Å². The number of benzene rings is 3. The van der Waals surface area contributed by atoms with Crippen LogP contribution in [0, 0.1) is 0 Å². The van der Waals surface area contributed by atoms with Crippen molar-refractivity contribution in [1.29, 1.82) is 0 Å². The Labute approximate surface area is 236 Å². The lowest BCUT2D eigenvalue weighted by atomic mass is 9.98. The predicted molar refractivity (Wildman–Crippen MR) is 149 cm³/mol. The van der Waals surface area contributed by atoms with Gasteiger partial charge in [-0.25, -0.2) is 14.4 Å². The molecule has 210 valence electrons. The molecule has 0 aliphatic heterocycles. The summed E-state index contributed by atoms with van der Waals surface area (Å²) in [6.07, 6.45) is 0.825. The molecule has 0 bridgehead atoms. The molecule has 0 saturated heterocycles. The number of ether oxygens (including phenoxy) is 5. The molecule has 41 heavy (non-hydrogen) atoms. The second-order valence-corrected chi connectivity index (χ2v) is 9.10. The van der Waals surface area contributed by atoms with Crippen LogP contribution in [0.25, 0.3) is 11.1 Å². The molecule has 0 aromatic heterocycles. The van der Waals surface area contributed by atoms with Gasteiger partial charge >= 0.3 is 23.9 Å². The minimum Gasteiger partial charge on any atom is -0.490 e. The topological polar surface area (TPSA) is 114 Å². The molecule has 1 atom stereocenters. The van der Waals surface area contributed by atoms with Crippen molar-refractivity contribution in [2.24, 2.45) is 0 Å². The lowest BCUT2D eigenvalue weighted by molar-refractivity contribution is -0.144. The van der Waals surface area contributed by atoms with E-state index in [9.17, 15) is 19.2 Å². The third-order valence-electron chi connectivity index (χ3n) is 6.41. The summed E-state index contributed by atoms with van der Waals surface area (Å²) in [5, 5.41) is 0. The van der Waals surface area contributed by atoms with Crippen molar-refractivity contribution in [2.75, 3.05) is 20.3 Å². The number of rotatable bonds is 11. The van der Waals surface area contributed by atoms with Crippen LogP contribution in [0.4, 0.5) is 0 Å². The summed E-state index contributed by atoms with van der Waals surface area (Å²) in [6, 6.07) is 17.3. The quantitative estimate of drug-likeness (QED) is 0.137. The summed E-state index contributed by atoms with van der Waals surface area (Å²) in [4.78, 5) is 47.4. The van der Waals surface area contributed by atoms with E-state index in [-0.39, 0.29) is 31.1 Å². The van der Waals surface area contributed by atoms with Gasteiger partial charge in [-0.05, 0) is 70.8 Å². The van der Waals surface area contributed by atoms with E-state index >= 15 is 0 Å². The normalized spacial score (nSPS) is 12.8. The highest BCUT2D eigenvalue weighted by Gasteiger charge is 2.27. The van der Waals surface area contributed by atoms with Gasteiger partial charge in [0.05, 0.1) is 19.1 Å². The van der Waals surface area contributed by atoms with Gasteiger partial charge in [0.25, 0.3) is 0 Å². The fourth-order valence-electron chi connectivity index (χ4n) is 4.31. The fraction of sp³-hybridized carbons (Fsp3) is 0.188. The number of carbonyl (C=O) groups is 4. The Morgan fingerprint density at radius 1 is 0.829 bits per heavy atom. The summed E-state index contributed by atoms with van der Waals surface area (Å²) >= 11 is 0. The lowest BCUT2D eigenvalue weighted by Crippen LogP contribution is -2.15. The largest absolute Gasteiger partial charge is 0.490 e. The molecule has 0 radical (unpaired) electrons.